The molecule has 116 valence electrons. The molecule has 4 nitrogen and oxygen atoms in total. The van der Waals surface area contributed by atoms with Crippen LogP contribution in [0, 0.1) is 5.92 Å². The van der Waals surface area contributed by atoms with Crippen molar-refractivity contribution in [3.8, 4) is 0 Å². The van der Waals surface area contributed by atoms with Gasteiger partial charge >= 0.3 is 0 Å². The highest BCUT2D eigenvalue weighted by atomic mass is 16.2. The van der Waals surface area contributed by atoms with Crippen LogP contribution >= 0.6 is 0 Å². The summed E-state index contributed by atoms with van der Waals surface area (Å²) < 4.78 is 0. The van der Waals surface area contributed by atoms with Crippen LogP contribution in [0.5, 0.6) is 0 Å². The molecule has 0 bridgehead atoms. The van der Waals surface area contributed by atoms with E-state index in [0.717, 1.165) is 12.8 Å². The Morgan fingerprint density at radius 3 is 2.32 bits per heavy atom. The molecule has 1 aromatic rings. The van der Waals surface area contributed by atoms with Gasteiger partial charge in [-0.25, -0.2) is 0 Å². The van der Waals surface area contributed by atoms with E-state index >= 15 is 0 Å². The van der Waals surface area contributed by atoms with Crippen LogP contribution in [0.15, 0.2) is 24.3 Å². The number of benzene rings is 1. The molecule has 1 aromatic carbocycles. The van der Waals surface area contributed by atoms with E-state index in [1.807, 2.05) is 21.9 Å². The van der Waals surface area contributed by atoms with Gasteiger partial charge in [0.05, 0.1) is 5.92 Å². The minimum absolute atomic E-state index is 0.137. The van der Waals surface area contributed by atoms with Gasteiger partial charge in [-0.15, -0.1) is 0 Å². The predicted molar refractivity (Wildman–Crippen MR) is 82.8 cm³/mol. The normalized spacial score (nSPS) is 25.1. The van der Waals surface area contributed by atoms with Gasteiger partial charge in [0.1, 0.15) is 0 Å². The first-order valence-electron chi connectivity index (χ1n) is 8.37. The zero-order valence-electron chi connectivity index (χ0n) is 12.8. The maximum Gasteiger partial charge on any atom is 0.228 e. The largest absolute Gasteiger partial charge is 0.339 e. The fourth-order valence-corrected chi connectivity index (χ4v) is 4.21. The van der Waals surface area contributed by atoms with Crippen molar-refractivity contribution in [2.24, 2.45) is 5.92 Å². The highest BCUT2D eigenvalue weighted by molar-refractivity contribution is 5.89. The maximum atomic E-state index is 12.8. The van der Waals surface area contributed by atoms with Crippen molar-refractivity contribution in [2.75, 3.05) is 6.54 Å². The summed E-state index contributed by atoms with van der Waals surface area (Å²) in [6.45, 7) is 2.03. The Morgan fingerprint density at radius 1 is 1.05 bits per heavy atom. The SMILES string of the molecule is O=C([C@H]1CC(=O)N(C2CCCC2)C1)N1Cc2ccccc2C1. The highest BCUT2D eigenvalue weighted by Gasteiger charge is 2.40. The van der Waals surface area contributed by atoms with Crippen molar-refractivity contribution in [3.63, 3.8) is 0 Å². The molecule has 0 N–H and O–H groups in total. The third kappa shape index (κ3) is 2.31. The lowest BCUT2D eigenvalue weighted by atomic mass is 10.1. The first kappa shape index (κ1) is 13.8. The van der Waals surface area contributed by atoms with Crippen LogP contribution in [0.1, 0.15) is 43.2 Å². The van der Waals surface area contributed by atoms with Crippen LogP contribution in [0.4, 0.5) is 0 Å². The van der Waals surface area contributed by atoms with Crippen LogP contribution in [0.2, 0.25) is 0 Å². The molecule has 4 heteroatoms. The van der Waals surface area contributed by atoms with Crippen molar-refractivity contribution in [2.45, 2.75) is 51.2 Å². The second-order valence-electron chi connectivity index (χ2n) is 6.85. The Hall–Kier alpha value is -1.84. The van der Waals surface area contributed by atoms with Crippen molar-refractivity contribution < 1.29 is 9.59 Å². The Balaban J connectivity index is 1.43. The van der Waals surface area contributed by atoms with E-state index in [1.54, 1.807) is 0 Å². The van der Waals surface area contributed by atoms with Crippen LogP contribution in [-0.4, -0.2) is 34.2 Å². The molecule has 1 atom stereocenters. The average molecular weight is 298 g/mol. The molecule has 2 fully saturated rings. The lowest BCUT2D eigenvalue weighted by Gasteiger charge is -2.25. The van der Waals surface area contributed by atoms with Crippen LogP contribution in [0.3, 0.4) is 0 Å². The average Bonchev–Trinajstić information content (AvgIpc) is 3.24. The number of amides is 2. The summed E-state index contributed by atoms with van der Waals surface area (Å²) in [5.74, 6) is 0.203. The molecular weight excluding hydrogens is 276 g/mol. The van der Waals surface area contributed by atoms with E-state index in [1.165, 1.54) is 24.0 Å². The van der Waals surface area contributed by atoms with E-state index in [2.05, 4.69) is 12.1 Å². The van der Waals surface area contributed by atoms with E-state index in [0.29, 0.717) is 32.1 Å². The van der Waals surface area contributed by atoms with Crippen LogP contribution in [-0.2, 0) is 22.7 Å². The molecule has 0 spiro atoms. The third-order valence-electron chi connectivity index (χ3n) is 5.43. The van der Waals surface area contributed by atoms with E-state index < -0.39 is 0 Å². The standard InChI is InChI=1S/C18H22N2O2/c21-17-9-15(12-20(17)16-7-3-4-8-16)18(22)19-10-13-5-1-2-6-14(13)11-19/h1-2,5-6,15-16H,3-4,7-12H2/t15-/m0/s1. The lowest BCUT2D eigenvalue weighted by molar-refractivity contribution is -0.136. The third-order valence-corrected chi connectivity index (χ3v) is 5.43. The predicted octanol–water partition coefficient (Wildman–Crippen LogP) is 2.32. The summed E-state index contributed by atoms with van der Waals surface area (Å²) in [4.78, 5) is 28.9. The molecule has 0 unspecified atom stereocenters. The smallest absolute Gasteiger partial charge is 0.228 e. The first-order chi connectivity index (χ1) is 10.7. The summed E-state index contributed by atoms with van der Waals surface area (Å²) in [6.07, 6.45) is 5.06. The van der Waals surface area contributed by atoms with Gasteiger partial charge in [-0.2, -0.15) is 0 Å². The second kappa shape index (κ2) is 5.41. The van der Waals surface area contributed by atoms with Crippen molar-refractivity contribution >= 4 is 11.8 Å². The minimum Gasteiger partial charge on any atom is -0.339 e. The number of fused-ring (bicyclic) bond motifs is 1. The van der Waals surface area contributed by atoms with Gasteiger partial charge in [0.2, 0.25) is 11.8 Å². The van der Waals surface area contributed by atoms with Crippen LogP contribution in [0.25, 0.3) is 0 Å². The topological polar surface area (TPSA) is 40.6 Å². The maximum absolute atomic E-state index is 12.8. The molecule has 1 saturated heterocycles. The quantitative estimate of drug-likeness (QED) is 0.841. The summed E-state index contributed by atoms with van der Waals surface area (Å²) in [5.41, 5.74) is 2.49. The number of hydrogen-bond acceptors (Lipinski definition) is 2. The first-order valence-corrected chi connectivity index (χ1v) is 8.37. The molecular formula is C18H22N2O2. The number of carbonyl (C=O) groups is 2. The van der Waals surface area contributed by atoms with Gasteiger partial charge in [0, 0.05) is 32.1 Å². The van der Waals surface area contributed by atoms with Gasteiger partial charge in [-0.05, 0) is 24.0 Å². The monoisotopic (exact) mass is 298 g/mol. The summed E-state index contributed by atoms with van der Waals surface area (Å²) in [5, 5.41) is 0. The summed E-state index contributed by atoms with van der Waals surface area (Å²) >= 11 is 0. The molecule has 0 aromatic heterocycles. The van der Waals surface area contributed by atoms with Crippen molar-refractivity contribution in [3.05, 3.63) is 35.4 Å². The number of hydrogen-bond donors (Lipinski definition) is 0. The fraction of sp³-hybridized carbons (Fsp3) is 0.556. The Kier molecular flexibility index (Phi) is 3.40. The van der Waals surface area contributed by atoms with E-state index in [-0.39, 0.29) is 17.7 Å². The number of nitrogens with zero attached hydrogens (tertiary/aromatic N) is 2. The van der Waals surface area contributed by atoms with Crippen molar-refractivity contribution in [1.82, 2.24) is 9.80 Å². The van der Waals surface area contributed by atoms with Gasteiger partial charge < -0.3 is 9.80 Å². The molecule has 2 heterocycles. The van der Waals surface area contributed by atoms with Crippen molar-refractivity contribution in [1.29, 1.82) is 0 Å². The summed E-state index contributed by atoms with van der Waals surface area (Å²) in [7, 11) is 0. The second-order valence-corrected chi connectivity index (χ2v) is 6.85. The summed E-state index contributed by atoms with van der Waals surface area (Å²) in [6, 6.07) is 8.61. The fourth-order valence-electron chi connectivity index (χ4n) is 4.21. The molecule has 22 heavy (non-hydrogen) atoms. The molecule has 4 rings (SSSR count). The lowest BCUT2D eigenvalue weighted by Crippen LogP contribution is -2.37. The van der Waals surface area contributed by atoms with E-state index in [4.69, 9.17) is 0 Å². The number of carbonyl (C=O) groups excluding carboxylic acids is 2. The van der Waals surface area contributed by atoms with Crippen LogP contribution < -0.4 is 0 Å². The molecule has 2 aliphatic heterocycles. The van der Waals surface area contributed by atoms with Gasteiger partial charge in [-0.1, -0.05) is 37.1 Å². The van der Waals surface area contributed by atoms with Gasteiger partial charge in [-0.3, -0.25) is 9.59 Å². The highest BCUT2D eigenvalue weighted by Crippen LogP contribution is 2.32. The number of rotatable bonds is 2. The zero-order valence-corrected chi connectivity index (χ0v) is 12.8. The van der Waals surface area contributed by atoms with E-state index in [9.17, 15) is 9.59 Å². The zero-order chi connectivity index (χ0) is 15.1. The molecule has 3 aliphatic rings. The Labute approximate surface area is 131 Å². The Morgan fingerprint density at radius 2 is 1.68 bits per heavy atom. The molecule has 1 saturated carbocycles. The molecule has 2 amide bonds. The Bertz CT molecular complexity index is 582. The van der Waals surface area contributed by atoms with Gasteiger partial charge in [0.25, 0.3) is 0 Å². The molecule has 1 aliphatic carbocycles. The minimum atomic E-state index is -0.137. The number of likely N-dealkylation sites (tertiary alicyclic amines) is 1. The molecule has 0 radical (unpaired) electrons. The van der Waals surface area contributed by atoms with Gasteiger partial charge in [0.15, 0.2) is 0 Å².